The number of rotatable bonds is 3. The summed E-state index contributed by atoms with van der Waals surface area (Å²) in [5, 5.41) is 4.00. The van der Waals surface area contributed by atoms with Crippen LogP contribution in [0.4, 0.5) is 0 Å². The number of aryl methyl sites for hydroxylation is 2. The third-order valence-corrected chi connectivity index (χ3v) is 3.84. The Bertz CT molecular complexity index is 952. The van der Waals surface area contributed by atoms with Crippen LogP contribution >= 0.6 is 0 Å². The first kappa shape index (κ1) is 13.6. The van der Waals surface area contributed by atoms with Gasteiger partial charge in [0, 0.05) is 23.5 Å². The highest BCUT2D eigenvalue weighted by Gasteiger charge is 2.14. The van der Waals surface area contributed by atoms with Gasteiger partial charge in [-0.05, 0) is 32.0 Å². The molecule has 114 valence electrons. The van der Waals surface area contributed by atoms with Crippen molar-refractivity contribution in [2.24, 2.45) is 0 Å². The van der Waals surface area contributed by atoms with Crippen molar-refractivity contribution < 1.29 is 4.52 Å². The van der Waals surface area contributed by atoms with Crippen molar-refractivity contribution in [1.29, 1.82) is 0 Å². The fourth-order valence-electron chi connectivity index (χ4n) is 2.76. The van der Waals surface area contributed by atoms with Crippen LogP contribution in [0.3, 0.4) is 0 Å². The van der Waals surface area contributed by atoms with Gasteiger partial charge in [-0.15, -0.1) is 0 Å². The predicted molar refractivity (Wildman–Crippen MR) is 85.8 cm³/mol. The van der Waals surface area contributed by atoms with Crippen molar-refractivity contribution in [3.8, 4) is 11.1 Å². The topological polar surface area (TPSA) is 69.6 Å². The molecule has 4 aromatic rings. The van der Waals surface area contributed by atoms with E-state index in [0.29, 0.717) is 6.54 Å². The lowest BCUT2D eigenvalue weighted by Crippen LogP contribution is -2.00. The average molecular weight is 305 g/mol. The van der Waals surface area contributed by atoms with E-state index in [0.717, 1.165) is 39.4 Å². The second kappa shape index (κ2) is 5.31. The monoisotopic (exact) mass is 305 g/mol. The zero-order chi connectivity index (χ0) is 15.8. The molecule has 0 radical (unpaired) electrons. The Morgan fingerprint density at radius 3 is 2.78 bits per heavy atom. The quantitative estimate of drug-likeness (QED) is 0.581. The average Bonchev–Trinajstić information content (AvgIpc) is 3.11. The lowest BCUT2D eigenvalue weighted by molar-refractivity contribution is 0.393. The summed E-state index contributed by atoms with van der Waals surface area (Å²) in [5.74, 6) is 0.788. The van der Waals surface area contributed by atoms with E-state index in [1.165, 1.54) is 0 Å². The number of imidazole rings is 1. The summed E-state index contributed by atoms with van der Waals surface area (Å²) in [4.78, 5) is 13.4. The Hall–Kier alpha value is -3.02. The van der Waals surface area contributed by atoms with Crippen molar-refractivity contribution >= 4 is 11.2 Å². The Labute approximate surface area is 132 Å². The van der Waals surface area contributed by atoms with Gasteiger partial charge in [0.05, 0.1) is 24.3 Å². The molecule has 0 N–H and O–H groups in total. The van der Waals surface area contributed by atoms with Crippen molar-refractivity contribution in [3.05, 3.63) is 60.1 Å². The molecule has 0 spiro atoms. The third-order valence-electron chi connectivity index (χ3n) is 3.84. The molecule has 4 aromatic heterocycles. The van der Waals surface area contributed by atoms with Crippen LogP contribution < -0.4 is 0 Å². The van der Waals surface area contributed by atoms with Crippen LogP contribution in [0.15, 0.2) is 47.5 Å². The molecule has 0 fully saturated rings. The Kier molecular flexibility index (Phi) is 3.15. The lowest BCUT2D eigenvalue weighted by atomic mass is 10.1. The van der Waals surface area contributed by atoms with Gasteiger partial charge in [0.25, 0.3) is 0 Å². The molecule has 0 unspecified atom stereocenters. The van der Waals surface area contributed by atoms with Gasteiger partial charge in [-0.2, -0.15) is 0 Å². The van der Waals surface area contributed by atoms with Crippen LogP contribution in [0, 0.1) is 13.8 Å². The minimum absolute atomic E-state index is 0.648. The molecule has 0 aromatic carbocycles. The van der Waals surface area contributed by atoms with Gasteiger partial charge in [0.1, 0.15) is 11.3 Å². The van der Waals surface area contributed by atoms with Crippen molar-refractivity contribution in [2.45, 2.75) is 20.4 Å². The van der Waals surface area contributed by atoms with Gasteiger partial charge in [-0.3, -0.25) is 4.98 Å². The summed E-state index contributed by atoms with van der Waals surface area (Å²) < 4.78 is 7.23. The maximum Gasteiger partial charge on any atom is 0.160 e. The molecule has 4 rings (SSSR count). The number of hydrogen-bond acceptors (Lipinski definition) is 5. The van der Waals surface area contributed by atoms with Crippen LogP contribution in [0.5, 0.6) is 0 Å². The second-order valence-corrected chi connectivity index (χ2v) is 5.46. The largest absolute Gasteiger partial charge is 0.361 e. The molecule has 0 aliphatic rings. The van der Waals surface area contributed by atoms with Gasteiger partial charge >= 0.3 is 0 Å². The SMILES string of the molecule is Cc1noc(C)c1-c1cnc2c(c1)ncn2Cc1ccccn1. The van der Waals surface area contributed by atoms with Crippen LogP contribution in [0.2, 0.25) is 0 Å². The normalized spacial score (nSPS) is 11.2. The summed E-state index contributed by atoms with van der Waals surface area (Å²) in [6.45, 7) is 4.48. The maximum atomic E-state index is 5.23. The predicted octanol–water partition coefficient (Wildman–Crippen LogP) is 3.15. The fourth-order valence-corrected chi connectivity index (χ4v) is 2.76. The van der Waals surface area contributed by atoms with E-state index in [4.69, 9.17) is 4.52 Å². The first-order valence-corrected chi connectivity index (χ1v) is 7.36. The van der Waals surface area contributed by atoms with E-state index in [1.807, 2.05) is 48.9 Å². The minimum Gasteiger partial charge on any atom is -0.361 e. The molecule has 4 heterocycles. The molecule has 23 heavy (non-hydrogen) atoms. The first-order chi connectivity index (χ1) is 11.2. The Morgan fingerprint density at radius 1 is 1.13 bits per heavy atom. The van der Waals surface area contributed by atoms with Crippen LogP contribution in [-0.4, -0.2) is 24.7 Å². The summed E-state index contributed by atoms with van der Waals surface area (Å²) >= 11 is 0. The highest BCUT2D eigenvalue weighted by Crippen LogP contribution is 2.28. The molecular weight excluding hydrogens is 290 g/mol. The fraction of sp³-hybridized carbons (Fsp3) is 0.176. The summed E-state index contributed by atoms with van der Waals surface area (Å²) in [5.41, 5.74) is 5.47. The molecule has 0 aliphatic carbocycles. The number of pyridine rings is 2. The Morgan fingerprint density at radius 2 is 2.04 bits per heavy atom. The zero-order valence-corrected chi connectivity index (χ0v) is 12.9. The van der Waals surface area contributed by atoms with E-state index in [1.54, 1.807) is 12.5 Å². The van der Waals surface area contributed by atoms with Crippen molar-refractivity contribution in [1.82, 2.24) is 24.7 Å². The molecule has 6 heteroatoms. The van der Waals surface area contributed by atoms with Gasteiger partial charge in [0.2, 0.25) is 0 Å². The third kappa shape index (κ3) is 2.38. The number of fused-ring (bicyclic) bond motifs is 1. The lowest BCUT2D eigenvalue weighted by Gasteiger charge is -2.04. The van der Waals surface area contributed by atoms with Crippen LogP contribution in [0.25, 0.3) is 22.3 Å². The van der Waals surface area contributed by atoms with Crippen molar-refractivity contribution in [3.63, 3.8) is 0 Å². The summed E-state index contributed by atoms with van der Waals surface area (Å²) in [6, 6.07) is 7.89. The molecular formula is C17H15N5O. The number of hydrogen-bond donors (Lipinski definition) is 0. The van der Waals surface area contributed by atoms with Crippen LogP contribution in [-0.2, 0) is 6.54 Å². The molecule has 0 bridgehead atoms. The highest BCUT2D eigenvalue weighted by molar-refractivity contribution is 5.79. The van der Waals surface area contributed by atoms with Gasteiger partial charge in [0.15, 0.2) is 5.65 Å². The molecule has 0 amide bonds. The number of aromatic nitrogens is 5. The molecule has 0 saturated heterocycles. The summed E-state index contributed by atoms with van der Waals surface area (Å²) in [7, 11) is 0. The summed E-state index contributed by atoms with van der Waals surface area (Å²) in [6.07, 6.45) is 5.42. The molecule has 0 atom stereocenters. The minimum atomic E-state index is 0.648. The first-order valence-electron chi connectivity index (χ1n) is 7.36. The maximum absolute atomic E-state index is 5.23. The number of nitrogens with zero attached hydrogens (tertiary/aromatic N) is 5. The van der Waals surface area contributed by atoms with Gasteiger partial charge in [-0.25, -0.2) is 9.97 Å². The molecule has 6 nitrogen and oxygen atoms in total. The standard InChI is InChI=1S/C17H15N5O/c1-11-16(12(2)23-21-11)13-7-15-17(19-8-13)22(10-20-15)9-14-5-3-4-6-18-14/h3-8,10H,9H2,1-2H3. The van der Waals surface area contributed by atoms with Crippen molar-refractivity contribution in [2.75, 3.05) is 0 Å². The van der Waals surface area contributed by atoms with Gasteiger partial charge in [-0.1, -0.05) is 11.2 Å². The Balaban J connectivity index is 1.75. The van der Waals surface area contributed by atoms with Gasteiger partial charge < -0.3 is 9.09 Å². The van der Waals surface area contributed by atoms with Crippen LogP contribution in [0.1, 0.15) is 17.1 Å². The second-order valence-electron chi connectivity index (χ2n) is 5.46. The zero-order valence-electron chi connectivity index (χ0n) is 12.9. The van der Waals surface area contributed by atoms with E-state index < -0.39 is 0 Å². The van der Waals surface area contributed by atoms with E-state index in [9.17, 15) is 0 Å². The highest BCUT2D eigenvalue weighted by atomic mass is 16.5. The molecule has 0 saturated carbocycles. The molecule has 0 aliphatic heterocycles. The smallest absolute Gasteiger partial charge is 0.160 e. The van der Waals surface area contributed by atoms with E-state index in [2.05, 4.69) is 20.1 Å². The van der Waals surface area contributed by atoms with E-state index >= 15 is 0 Å². The van der Waals surface area contributed by atoms with E-state index in [-0.39, 0.29) is 0 Å².